The van der Waals surface area contributed by atoms with Crippen LogP contribution in [0.15, 0.2) is 47.4 Å². The Hall–Kier alpha value is -2.09. The van der Waals surface area contributed by atoms with E-state index in [1.807, 2.05) is 19.1 Å². The fourth-order valence-electron chi connectivity index (χ4n) is 2.25. The maximum atomic E-state index is 12.5. The Labute approximate surface area is 152 Å². The van der Waals surface area contributed by atoms with E-state index in [-0.39, 0.29) is 22.3 Å². The summed E-state index contributed by atoms with van der Waals surface area (Å²) >= 11 is 5.86. The second-order valence-electron chi connectivity index (χ2n) is 5.32. The summed E-state index contributed by atoms with van der Waals surface area (Å²) in [5.74, 6) is -0.227. The Balaban J connectivity index is 2.27. The summed E-state index contributed by atoms with van der Waals surface area (Å²) in [5, 5.41) is 3.44. The first-order valence-electron chi connectivity index (χ1n) is 7.46. The van der Waals surface area contributed by atoms with Gasteiger partial charge in [-0.1, -0.05) is 23.7 Å². The zero-order valence-electron chi connectivity index (χ0n) is 14.0. The Bertz CT molecular complexity index is 867. The molecule has 6 nitrogen and oxygen atoms in total. The van der Waals surface area contributed by atoms with Crippen LogP contribution in [0.25, 0.3) is 0 Å². The van der Waals surface area contributed by atoms with Crippen molar-refractivity contribution in [2.75, 3.05) is 14.2 Å². The summed E-state index contributed by atoms with van der Waals surface area (Å²) in [6.07, 6.45) is 0. The van der Waals surface area contributed by atoms with E-state index in [4.69, 9.17) is 16.3 Å². The lowest BCUT2D eigenvalue weighted by Crippen LogP contribution is -2.27. The highest BCUT2D eigenvalue weighted by atomic mass is 35.5. The third kappa shape index (κ3) is 4.50. The van der Waals surface area contributed by atoms with Crippen molar-refractivity contribution in [3.8, 4) is 5.75 Å². The average molecular weight is 383 g/mol. The van der Waals surface area contributed by atoms with Crippen molar-refractivity contribution >= 4 is 27.5 Å². The minimum absolute atomic E-state index is 0.0932. The van der Waals surface area contributed by atoms with Gasteiger partial charge in [-0.3, -0.25) is 4.79 Å². The zero-order valence-corrected chi connectivity index (χ0v) is 15.6. The van der Waals surface area contributed by atoms with Gasteiger partial charge in [-0.25, -0.2) is 13.1 Å². The molecule has 0 bridgehead atoms. The monoisotopic (exact) mass is 382 g/mol. The molecule has 1 amide bonds. The summed E-state index contributed by atoms with van der Waals surface area (Å²) in [4.78, 5) is 12.4. The number of benzene rings is 2. The molecule has 0 unspecified atom stereocenters. The highest BCUT2D eigenvalue weighted by molar-refractivity contribution is 7.89. The molecule has 0 spiro atoms. The van der Waals surface area contributed by atoms with Crippen LogP contribution in [-0.4, -0.2) is 28.5 Å². The van der Waals surface area contributed by atoms with Gasteiger partial charge in [0.2, 0.25) is 10.0 Å². The van der Waals surface area contributed by atoms with Crippen molar-refractivity contribution < 1.29 is 17.9 Å². The van der Waals surface area contributed by atoms with E-state index in [1.165, 1.54) is 32.4 Å². The normalized spacial score (nSPS) is 12.5. The lowest BCUT2D eigenvalue weighted by Gasteiger charge is -2.16. The molecule has 0 aliphatic carbocycles. The Morgan fingerprint density at radius 2 is 1.80 bits per heavy atom. The number of carbonyl (C=O) groups is 1. The van der Waals surface area contributed by atoms with Crippen molar-refractivity contribution in [1.82, 2.24) is 10.0 Å². The van der Waals surface area contributed by atoms with Gasteiger partial charge in [0, 0.05) is 10.6 Å². The highest BCUT2D eigenvalue weighted by Crippen LogP contribution is 2.25. The first-order valence-corrected chi connectivity index (χ1v) is 9.32. The Kier molecular flexibility index (Phi) is 6.05. The molecule has 2 rings (SSSR count). The number of rotatable bonds is 6. The summed E-state index contributed by atoms with van der Waals surface area (Å²) in [7, 11) is -1.09. The molecular weight excluding hydrogens is 364 g/mol. The maximum Gasteiger partial charge on any atom is 0.251 e. The predicted molar refractivity (Wildman–Crippen MR) is 96.6 cm³/mol. The van der Waals surface area contributed by atoms with Crippen molar-refractivity contribution in [3.05, 3.63) is 58.6 Å². The summed E-state index contributed by atoms with van der Waals surface area (Å²) < 4.78 is 31.5. The number of methoxy groups -OCH3 is 1. The predicted octanol–water partition coefficient (Wildman–Crippen LogP) is 2.75. The molecule has 25 heavy (non-hydrogen) atoms. The molecule has 8 heteroatoms. The third-order valence-corrected chi connectivity index (χ3v) is 5.39. The van der Waals surface area contributed by atoms with Gasteiger partial charge in [-0.15, -0.1) is 0 Å². The first-order chi connectivity index (χ1) is 11.8. The van der Waals surface area contributed by atoms with Gasteiger partial charge >= 0.3 is 0 Å². The highest BCUT2D eigenvalue weighted by Gasteiger charge is 2.21. The van der Waals surface area contributed by atoms with Crippen molar-refractivity contribution in [3.63, 3.8) is 0 Å². The molecule has 0 aromatic heterocycles. The number of ether oxygens (including phenoxy) is 1. The Morgan fingerprint density at radius 3 is 2.36 bits per heavy atom. The Morgan fingerprint density at radius 1 is 1.16 bits per heavy atom. The molecule has 0 saturated carbocycles. The number of halogens is 1. The van der Waals surface area contributed by atoms with Crippen LogP contribution in [0.5, 0.6) is 5.75 Å². The van der Waals surface area contributed by atoms with Crippen LogP contribution in [-0.2, 0) is 10.0 Å². The molecule has 0 heterocycles. The molecule has 2 N–H and O–H groups in total. The first kappa shape index (κ1) is 19.2. The molecule has 2 aromatic carbocycles. The standard InChI is InChI=1S/C17H19ClN2O4S/c1-11(12-4-7-14(18)8-5-12)20-17(21)13-6-9-15(24-3)16(10-13)25(22,23)19-2/h4-11,19H,1-3H3,(H,20,21)/t11-/m1/s1. The van der Waals surface area contributed by atoms with E-state index in [2.05, 4.69) is 10.0 Å². The maximum absolute atomic E-state index is 12.5. The smallest absolute Gasteiger partial charge is 0.251 e. The molecule has 134 valence electrons. The van der Waals surface area contributed by atoms with E-state index in [9.17, 15) is 13.2 Å². The van der Waals surface area contributed by atoms with Gasteiger partial charge < -0.3 is 10.1 Å². The van der Waals surface area contributed by atoms with Gasteiger partial charge in [-0.05, 0) is 49.9 Å². The van der Waals surface area contributed by atoms with Gasteiger partial charge in [0.15, 0.2) is 0 Å². The van der Waals surface area contributed by atoms with Gasteiger partial charge in [0.05, 0.1) is 13.2 Å². The van der Waals surface area contributed by atoms with E-state index >= 15 is 0 Å². The van der Waals surface area contributed by atoms with Gasteiger partial charge in [0.1, 0.15) is 10.6 Å². The molecule has 0 saturated heterocycles. The molecular formula is C17H19ClN2O4S. The lowest BCUT2D eigenvalue weighted by atomic mass is 10.1. The van der Waals surface area contributed by atoms with Crippen LogP contribution in [0.3, 0.4) is 0 Å². The van der Waals surface area contributed by atoms with Crippen LogP contribution < -0.4 is 14.8 Å². The fourth-order valence-corrected chi connectivity index (χ4v) is 3.30. The number of hydrogen-bond donors (Lipinski definition) is 2. The van der Waals surface area contributed by atoms with Gasteiger partial charge in [0.25, 0.3) is 5.91 Å². The van der Waals surface area contributed by atoms with Crippen LogP contribution in [0.2, 0.25) is 5.02 Å². The van der Waals surface area contributed by atoms with E-state index in [1.54, 1.807) is 12.1 Å². The van der Waals surface area contributed by atoms with E-state index in [0.29, 0.717) is 5.02 Å². The third-order valence-electron chi connectivity index (χ3n) is 3.70. The molecule has 0 aliphatic heterocycles. The largest absolute Gasteiger partial charge is 0.495 e. The number of nitrogens with one attached hydrogen (secondary N) is 2. The topological polar surface area (TPSA) is 84.5 Å². The van der Waals surface area contributed by atoms with E-state index in [0.717, 1.165) is 5.56 Å². The summed E-state index contributed by atoms with van der Waals surface area (Å²) in [6, 6.07) is 11.1. The SMILES string of the molecule is CNS(=O)(=O)c1cc(C(=O)N[C@H](C)c2ccc(Cl)cc2)ccc1OC. The van der Waals surface area contributed by atoms with Gasteiger partial charge in [-0.2, -0.15) is 0 Å². The van der Waals surface area contributed by atoms with Crippen molar-refractivity contribution in [2.24, 2.45) is 0 Å². The zero-order chi connectivity index (χ0) is 18.6. The number of carbonyl (C=O) groups excluding carboxylic acids is 1. The summed E-state index contributed by atoms with van der Waals surface area (Å²) in [6.45, 7) is 1.83. The van der Waals surface area contributed by atoms with Crippen molar-refractivity contribution in [1.29, 1.82) is 0 Å². The minimum atomic E-state index is -3.75. The second-order valence-corrected chi connectivity index (χ2v) is 7.61. The molecule has 2 aromatic rings. The van der Waals surface area contributed by atoms with Crippen molar-refractivity contribution in [2.45, 2.75) is 17.9 Å². The fraction of sp³-hybridized carbons (Fsp3) is 0.235. The van der Waals surface area contributed by atoms with Crippen LogP contribution >= 0.6 is 11.6 Å². The average Bonchev–Trinajstić information content (AvgIpc) is 2.61. The van der Waals surface area contributed by atoms with E-state index < -0.39 is 15.9 Å². The van der Waals surface area contributed by atoms with Crippen LogP contribution in [0, 0.1) is 0 Å². The quantitative estimate of drug-likeness (QED) is 0.804. The number of sulfonamides is 1. The molecule has 1 atom stereocenters. The van der Waals surface area contributed by atoms with Crippen LogP contribution in [0.1, 0.15) is 28.9 Å². The molecule has 0 fully saturated rings. The molecule has 0 radical (unpaired) electrons. The second kappa shape index (κ2) is 7.86. The summed E-state index contributed by atoms with van der Waals surface area (Å²) in [5.41, 5.74) is 1.10. The lowest BCUT2D eigenvalue weighted by molar-refractivity contribution is 0.0939. The minimum Gasteiger partial charge on any atom is -0.495 e. The van der Waals surface area contributed by atoms with Crippen LogP contribution in [0.4, 0.5) is 0 Å². The number of hydrogen-bond acceptors (Lipinski definition) is 4. The molecule has 0 aliphatic rings. The number of amides is 1.